The molecule has 2 amide bonds. The first-order valence-electron chi connectivity index (χ1n) is 9.71. The maximum atomic E-state index is 12.7. The summed E-state index contributed by atoms with van der Waals surface area (Å²) < 4.78 is 0. The zero-order valence-electron chi connectivity index (χ0n) is 15.4. The second-order valence-electron chi connectivity index (χ2n) is 7.68. The minimum absolute atomic E-state index is 0.0207. The number of hydrogen-bond donors (Lipinski definition) is 1. The fraction of sp³-hybridized carbons (Fsp3) is 0.409. The molecule has 1 aliphatic heterocycles. The van der Waals surface area contributed by atoms with Crippen LogP contribution in [0.25, 0.3) is 0 Å². The first-order chi connectivity index (χ1) is 13.2. The molecule has 2 atom stereocenters. The third-order valence-electron chi connectivity index (χ3n) is 6.09. The van der Waals surface area contributed by atoms with Crippen LogP contribution in [0.5, 0.6) is 0 Å². The van der Waals surface area contributed by atoms with Crippen LogP contribution in [0.4, 0.5) is 0 Å². The Balaban J connectivity index is 1.49. The van der Waals surface area contributed by atoms with Crippen LogP contribution in [-0.4, -0.2) is 34.3 Å². The van der Waals surface area contributed by atoms with Crippen LogP contribution in [0.1, 0.15) is 48.2 Å². The third kappa shape index (κ3) is 3.59. The van der Waals surface area contributed by atoms with Gasteiger partial charge < -0.3 is 10.2 Å². The van der Waals surface area contributed by atoms with E-state index in [4.69, 9.17) is 0 Å². The fourth-order valence-electron chi connectivity index (χ4n) is 4.69. The number of pyridine rings is 1. The summed E-state index contributed by atoms with van der Waals surface area (Å²) in [6, 6.07) is 15.7. The average Bonchev–Trinajstić information content (AvgIpc) is 3.14. The Morgan fingerprint density at radius 1 is 1.15 bits per heavy atom. The van der Waals surface area contributed by atoms with Crippen LogP contribution < -0.4 is 5.32 Å². The molecule has 0 spiro atoms. The molecule has 4 rings (SSSR count). The lowest BCUT2D eigenvalue weighted by atomic mass is 9.74. The van der Waals surface area contributed by atoms with Gasteiger partial charge in [-0.3, -0.25) is 14.6 Å². The number of carbonyl (C=O) groups is 2. The lowest BCUT2D eigenvalue weighted by molar-refractivity contribution is -0.142. The summed E-state index contributed by atoms with van der Waals surface area (Å²) in [4.78, 5) is 31.3. The van der Waals surface area contributed by atoms with Gasteiger partial charge in [-0.25, -0.2) is 0 Å². The number of piperidine rings is 1. The van der Waals surface area contributed by atoms with Crippen molar-refractivity contribution >= 4 is 11.8 Å². The van der Waals surface area contributed by atoms with Crippen LogP contribution in [0.3, 0.4) is 0 Å². The van der Waals surface area contributed by atoms with Crippen molar-refractivity contribution in [1.29, 1.82) is 0 Å². The molecule has 2 heterocycles. The topological polar surface area (TPSA) is 62.3 Å². The Hall–Kier alpha value is -2.69. The van der Waals surface area contributed by atoms with Crippen LogP contribution in [0.15, 0.2) is 54.7 Å². The van der Waals surface area contributed by atoms with Gasteiger partial charge >= 0.3 is 0 Å². The summed E-state index contributed by atoms with van der Waals surface area (Å²) in [5.41, 5.74) is 1.58. The molecule has 1 aliphatic carbocycles. The van der Waals surface area contributed by atoms with E-state index in [0.29, 0.717) is 25.2 Å². The first kappa shape index (κ1) is 17.7. The molecule has 1 aromatic heterocycles. The summed E-state index contributed by atoms with van der Waals surface area (Å²) in [6.45, 7) is 1.26. The van der Waals surface area contributed by atoms with Crippen LogP contribution >= 0.6 is 0 Å². The van der Waals surface area contributed by atoms with Gasteiger partial charge in [0.2, 0.25) is 5.91 Å². The van der Waals surface area contributed by atoms with Crippen molar-refractivity contribution < 1.29 is 9.59 Å². The number of nitrogens with one attached hydrogen (secondary N) is 1. The second kappa shape index (κ2) is 7.51. The second-order valence-corrected chi connectivity index (χ2v) is 7.68. The molecule has 2 aromatic rings. The first-order valence-corrected chi connectivity index (χ1v) is 9.71. The van der Waals surface area contributed by atoms with E-state index in [9.17, 15) is 9.59 Å². The van der Waals surface area contributed by atoms with Crippen molar-refractivity contribution in [3.8, 4) is 0 Å². The van der Waals surface area contributed by atoms with E-state index in [1.807, 2.05) is 24.3 Å². The van der Waals surface area contributed by atoms with Crippen molar-refractivity contribution in [2.45, 2.75) is 44.7 Å². The molecule has 1 saturated heterocycles. The number of likely N-dealkylation sites (tertiary alicyclic amines) is 1. The van der Waals surface area contributed by atoms with Crippen molar-refractivity contribution in [3.05, 3.63) is 66.0 Å². The quantitative estimate of drug-likeness (QED) is 0.887. The molecule has 27 heavy (non-hydrogen) atoms. The van der Waals surface area contributed by atoms with Crippen LogP contribution in [0, 0.1) is 5.41 Å². The predicted molar refractivity (Wildman–Crippen MR) is 103 cm³/mol. The molecule has 2 fully saturated rings. The van der Waals surface area contributed by atoms with Crippen LogP contribution in [0.2, 0.25) is 0 Å². The van der Waals surface area contributed by atoms with Gasteiger partial charge in [-0.1, -0.05) is 42.8 Å². The fourth-order valence-corrected chi connectivity index (χ4v) is 4.69. The van der Waals surface area contributed by atoms with E-state index in [0.717, 1.165) is 31.2 Å². The highest BCUT2D eigenvalue weighted by Crippen LogP contribution is 2.48. The lowest BCUT2D eigenvalue weighted by Crippen LogP contribution is -2.55. The van der Waals surface area contributed by atoms with E-state index < -0.39 is 0 Å². The van der Waals surface area contributed by atoms with E-state index in [1.54, 1.807) is 18.3 Å². The van der Waals surface area contributed by atoms with E-state index in [-0.39, 0.29) is 23.3 Å². The highest BCUT2D eigenvalue weighted by molar-refractivity contribution is 5.92. The van der Waals surface area contributed by atoms with Gasteiger partial charge in [0.15, 0.2) is 0 Å². The molecular formula is C22H25N3O2. The molecule has 0 radical (unpaired) electrons. The van der Waals surface area contributed by atoms with Crippen molar-refractivity contribution in [1.82, 2.24) is 15.2 Å². The Labute approximate surface area is 159 Å². The summed E-state index contributed by atoms with van der Waals surface area (Å²) in [5, 5.41) is 3.09. The highest BCUT2D eigenvalue weighted by atomic mass is 16.2. The van der Waals surface area contributed by atoms with Crippen molar-refractivity contribution in [2.24, 2.45) is 5.41 Å². The minimum Gasteiger partial charge on any atom is -0.350 e. The largest absolute Gasteiger partial charge is 0.350 e. The number of aromatic nitrogens is 1. The Kier molecular flexibility index (Phi) is 4.92. The summed E-state index contributed by atoms with van der Waals surface area (Å²) in [5.74, 6) is 0.0968. The number of amides is 2. The molecule has 5 heteroatoms. The number of hydrogen-bond acceptors (Lipinski definition) is 3. The lowest BCUT2D eigenvalue weighted by Gasteiger charge is -2.46. The van der Waals surface area contributed by atoms with Gasteiger partial charge in [0.05, 0.1) is 0 Å². The summed E-state index contributed by atoms with van der Waals surface area (Å²) in [6.07, 6.45) is 6.21. The molecule has 2 unspecified atom stereocenters. The van der Waals surface area contributed by atoms with Gasteiger partial charge in [-0.05, 0) is 37.0 Å². The standard InChI is InChI=1S/C22H25N3O2/c26-20-11-13-22(16-24-21(27)18-9-4-5-14-23-18)12-6-10-19(22)25(20)15-17-7-2-1-3-8-17/h1-5,7-9,14,19H,6,10-13,15-16H2,(H,24,27). The minimum atomic E-state index is -0.137. The monoisotopic (exact) mass is 363 g/mol. The third-order valence-corrected chi connectivity index (χ3v) is 6.09. The maximum Gasteiger partial charge on any atom is 0.269 e. The SMILES string of the molecule is O=C(NCC12CCCC1N(Cc1ccccc1)C(=O)CC2)c1ccccn1. The Morgan fingerprint density at radius 3 is 2.74 bits per heavy atom. The van der Waals surface area contributed by atoms with Crippen molar-refractivity contribution in [3.63, 3.8) is 0 Å². The summed E-state index contributed by atoms with van der Waals surface area (Å²) in [7, 11) is 0. The molecule has 1 N–H and O–H groups in total. The molecule has 1 aromatic carbocycles. The number of rotatable bonds is 5. The summed E-state index contributed by atoms with van der Waals surface area (Å²) >= 11 is 0. The average molecular weight is 363 g/mol. The number of nitrogens with zero attached hydrogens (tertiary/aromatic N) is 2. The maximum absolute atomic E-state index is 12.7. The van der Waals surface area contributed by atoms with Crippen molar-refractivity contribution in [2.75, 3.05) is 6.54 Å². The van der Waals surface area contributed by atoms with Crippen LogP contribution in [-0.2, 0) is 11.3 Å². The van der Waals surface area contributed by atoms with Gasteiger partial charge in [0.1, 0.15) is 5.69 Å². The molecule has 0 bridgehead atoms. The van der Waals surface area contributed by atoms with Gasteiger partial charge in [-0.15, -0.1) is 0 Å². The molecule has 2 aliphatic rings. The molecule has 5 nitrogen and oxygen atoms in total. The highest BCUT2D eigenvalue weighted by Gasteiger charge is 2.50. The van der Waals surface area contributed by atoms with E-state index >= 15 is 0 Å². The molecule has 1 saturated carbocycles. The zero-order chi connectivity index (χ0) is 18.7. The van der Waals surface area contributed by atoms with Gasteiger partial charge in [0, 0.05) is 37.2 Å². The predicted octanol–water partition coefficient (Wildman–Crippen LogP) is 3.17. The van der Waals surface area contributed by atoms with E-state index in [2.05, 4.69) is 27.3 Å². The Morgan fingerprint density at radius 2 is 1.96 bits per heavy atom. The van der Waals surface area contributed by atoms with Gasteiger partial charge in [-0.2, -0.15) is 0 Å². The molecular weight excluding hydrogens is 338 g/mol. The number of benzene rings is 1. The normalized spacial score (nSPS) is 24.5. The number of carbonyl (C=O) groups excluding carboxylic acids is 2. The van der Waals surface area contributed by atoms with Gasteiger partial charge in [0.25, 0.3) is 5.91 Å². The smallest absolute Gasteiger partial charge is 0.269 e. The van der Waals surface area contributed by atoms with E-state index in [1.165, 1.54) is 0 Å². The zero-order valence-corrected chi connectivity index (χ0v) is 15.4. The number of fused-ring (bicyclic) bond motifs is 1. The Bertz CT molecular complexity index is 809. The molecule has 140 valence electrons.